The number of hydrogen-bond donors (Lipinski definition) is 2. The van der Waals surface area contributed by atoms with Gasteiger partial charge in [-0.3, -0.25) is 24.0 Å². The molecule has 1 fully saturated rings. The first-order valence-electron chi connectivity index (χ1n) is 6.83. The second kappa shape index (κ2) is 12.9. The molecule has 0 bridgehead atoms. The summed E-state index contributed by atoms with van der Waals surface area (Å²) in [6, 6.07) is 0. The smallest absolute Gasteiger partial charge is 0.309 e. The van der Waals surface area contributed by atoms with E-state index in [0.717, 1.165) is 13.8 Å². The van der Waals surface area contributed by atoms with Crippen molar-refractivity contribution in [2.24, 2.45) is 0 Å². The van der Waals surface area contributed by atoms with E-state index in [1.54, 1.807) is 0 Å². The third kappa shape index (κ3) is 19.4. The molecule has 1 rings (SSSR count). The first-order chi connectivity index (χ1) is 10.9. The first kappa shape index (κ1) is 23.6. The Kier molecular flexibility index (Phi) is 12.6. The molecule has 138 valence electrons. The van der Waals surface area contributed by atoms with Crippen molar-refractivity contribution in [1.82, 2.24) is 0 Å². The van der Waals surface area contributed by atoms with E-state index in [-0.39, 0.29) is 13.0 Å². The average Bonchev–Trinajstić information content (AvgIpc) is 2.33. The van der Waals surface area contributed by atoms with Gasteiger partial charge in [0.25, 0.3) is 11.9 Å². The summed E-state index contributed by atoms with van der Waals surface area (Å²) >= 11 is 0. The van der Waals surface area contributed by atoms with Gasteiger partial charge in [0.1, 0.15) is 18.8 Å². The second-order valence-corrected chi connectivity index (χ2v) is 4.62. The summed E-state index contributed by atoms with van der Waals surface area (Å²) in [5.74, 6) is -2.99. The van der Waals surface area contributed by atoms with Gasteiger partial charge in [0.15, 0.2) is 0 Å². The largest absolute Gasteiger partial charge is 0.481 e. The molecule has 0 aromatic rings. The van der Waals surface area contributed by atoms with Crippen molar-refractivity contribution in [3.05, 3.63) is 0 Å². The maximum absolute atomic E-state index is 11.2. The highest BCUT2D eigenvalue weighted by molar-refractivity contribution is 5.72. The van der Waals surface area contributed by atoms with Crippen molar-refractivity contribution in [3.8, 4) is 0 Å². The summed E-state index contributed by atoms with van der Waals surface area (Å²) < 4.78 is 14.6. The summed E-state index contributed by atoms with van der Waals surface area (Å²) in [7, 11) is 0. The Balaban J connectivity index is 0. The van der Waals surface area contributed by atoms with Gasteiger partial charge in [-0.15, -0.1) is 0 Å². The van der Waals surface area contributed by atoms with Crippen LogP contribution in [0.3, 0.4) is 0 Å². The monoisotopic (exact) mass is 350 g/mol. The number of ether oxygens (including phenoxy) is 3. The Morgan fingerprint density at radius 3 is 1.88 bits per heavy atom. The zero-order valence-electron chi connectivity index (χ0n) is 13.9. The lowest BCUT2D eigenvalue weighted by molar-refractivity contribution is -0.174. The van der Waals surface area contributed by atoms with Crippen molar-refractivity contribution in [2.75, 3.05) is 6.61 Å². The lowest BCUT2D eigenvalue weighted by atomic mass is 10.1. The molecule has 0 saturated carbocycles. The van der Waals surface area contributed by atoms with E-state index < -0.39 is 42.1 Å². The van der Waals surface area contributed by atoms with Gasteiger partial charge in [0.05, 0.1) is 6.42 Å². The van der Waals surface area contributed by atoms with Crippen LogP contribution in [-0.2, 0) is 38.2 Å². The number of hydrogen-bond acceptors (Lipinski definition) is 8. The fourth-order valence-electron chi connectivity index (χ4n) is 1.48. The summed E-state index contributed by atoms with van der Waals surface area (Å²) in [6.45, 7) is 4.72. The number of carboxylic acids is 2. The molecule has 2 unspecified atom stereocenters. The van der Waals surface area contributed by atoms with Crippen molar-refractivity contribution >= 4 is 29.8 Å². The Labute approximate surface area is 138 Å². The molecule has 0 aromatic heterocycles. The van der Waals surface area contributed by atoms with Crippen molar-refractivity contribution in [3.63, 3.8) is 0 Å². The van der Waals surface area contributed by atoms with Crippen LogP contribution in [0.15, 0.2) is 0 Å². The van der Waals surface area contributed by atoms with Gasteiger partial charge < -0.3 is 24.4 Å². The van der Waals surface area contributed by atoms with Crippen LogP contribution in [0.2, 0.25) is 0 Å². The van der Waals surface area contributed by atoms with Crippen LogP contribution in [0.25, 0.3) is 0 Å². The van der Waals surface area contributed by atoms with Gasteiger partial charge in [-0.05, 0) is 0 Å². The molecule has 0 radical (unpaired) electrons. The highest BCUT2D eigenvalue weighted by atomic mass is 16.6. The van der Waals surface area contributed by atoms with Crippen LogP contribution >= 0.6 is 0 Å². The zero-order valence-corrected chi connectivity index (χ0v) is 13.9. The summed E-state index contributed by atoms with van der Waals surface area (Å²) in [5, 5.41) is 14.8. The molecule has 2 atom stereocenters. The third-order valence-electron chi connectivity index (χ3n) is 2.02. The lowest BCUT2D eigenvalue weighted by Crippen LogP contribution is -2.37. The number of carbonyl (C=O) groups excluding carboxylic acids is 3. The number of aliphatic carboxylic acids is 2. The Morgan fingerprint density at radius 2 is 1.50 bits per heavy atom. The molecule has 10 nitrogen and oxygen atoms in total. The molecular formula is C14H22O10. The lowest BCUT2D eigenvalue weighted by Gasteiger charge is -2.27. The van der Waals surface area contributed by atoms with Crippen LogP contribution < -0.4 is 0 Å². The van der Waals surface area contributed by atoms with Gasteiger partial charge in [0.2, 0.25) is 0 Å². The van der Waals surface area contributed by atoms with Crippen molar-refractivity contribution in [2.45, 2.75) is 52.7 Å². The van der Waals surface area contributed by atoms with E-state index in [4.69, 9.17) is 34.0 Å². The predicted octanol–water partition coefficient (Wildman–Crippen LogP) is 0.369. The van der Waals surface area contributed by atoms with Crippen molar-refractivity contribution in [1.29, 1.82) is 0 Å². The third-order valence-corrected chi connectivity index (χ3v) is 2.02. The van der Waals surface area contributed by atoms with E-state index in [1.807, 2.05) is 0 Å². The zero-order chi connectivity index (χ0) is 19.3. The maximum Gasteiger partial charge on any atom is 0.309 e. The number of rotatable bonds is 3. The van der Waals surface area contributed by atoms with Gasteiger partial charge in [-0.2, -0.15) is 0 Å². The maximum atomic E-state index is 11.2. The molecule has 0 spiro atoms. The van der Waals surface area contributed by atoms with Crippen LogP contribution in [0.4, 0.5) is 0 Å². The van der Waals surface area contributed by atoms with Gasteiger partial charge in [-0.25, -0.2) is 0 Å². The molecule has 0 aromatic carbocycles. The Bertz CT molecular complexity index is 434. The quantitative estimate of drug-likeness (QED) is 0.539. The number of esters is 3. The highest BCUT2D eigenvalue weighted by Crippen LogP contribution is 2.18. The summed E-state index contributed by atoms with van der Waals surface area (Å²) in [5.41, 5.74) is 0. The Morgan fingerprint density at radius 1 is 1.04 bits per heavy atom. The molecule has 1 aliphatic rings. The molecule has 1 heterocycles. The van der Waals surface area contributed by atoms with Crippen LogP contribution in [0, 0.1) is 0 Å². The molecule has 10 heteroatoms. The standard InChI is InChI=1S/C10H14O6.2C2H4O2/c1-6(11)14-5-9-3-8(15-7(2)12)4-10(13)16-9;2*1-2(3)4/h8-9H,3-5H2,1-2H3;2*1H3,(H,3,4). The van der Waals surface area contributed by atoms with E-state index in [2.05, 4.69) is 0 Å². The number of carbonyl (C=O) groups is 5. The fourth-order valence-corrected chi connectivity index (χ4v) is 1.48. The molecular weight excluding hydrogens is 328 g/mol. The normalized spacial score (nSPS) is 18.4. The number of cyclic esters (lactones) is 1. The fraction of sp³-hybridized carbons (Fsp3) is 0.643. The number of carboxylic acid groups (broad SMARTS) is 2. The SMILES string of the molecule is CC(=O)O.CC(=O)O.CC(=O)OCC1CC(OC(C)=O)CC(=O)O1. The van der Waals surface area contributed by atoms with E-state index >= 15 is 0 Å². The van der Waals surface area contributed by atoms with Gasteiger partial charge in [0, 0.05) is 34.1 Å². The minimum atomic E-state index is -0.833. The molecule has 1 saturated heterocycles. The molecule has 1 aliphatic heterocycles. The van der Waals surface area contributed by atoms with E-state index in [1.165, 1.54) is 13.8 Å². The van der Waals surface area contributed by atoms with Crippen molar-refractivity contribution < 1.29 is 48.4 Å². The molecule has 0 amide bonds. The summed E-state index contributed by atoms with van der Waals surface area (Å²) in [6.07, 6.45) is -0.608. The minimum Gasteiger partial charge on any atom is -0.481 e. The average molecular weight is 350 g/mol. The van der Waals surface area contributed by atoms with Crippen LogP contribution in [0.5, 0.6) is 0 Å². The topological polar surface area (TPSA) is 153 Å². The van der Waals surface area contributed by atoms with Crippen LogP contribution in [0.1, 0.15) is 40.5 Å². The summed E-state index contributed by atoms with van der Waals surface area (Å²) in [4.78, 5) is 50.5. The second-order valence-electron chi connectivity index (χ2n) is 4.62. The highest BCUT2D eigenvalue weighted by Gasteiger charge is 2.31. The van der Waals surface area contributed by atoms with Gasteiger partial charge in [-0.1, -0.05) is 0 Å². The molecule has 24 heavy (non-hydrogen) atoms. The Hall–Kier alpha value is -2.65. The predicted molar refractivity (Wildman–Crippen MR) is 77.9 cm³/mol. The van der Waals surface area contributed by atoms with E-state index in [9.17, 15) is 14.4 Å². The van der Waals surface area contributed by atoms with Gasteiger partial charge >= 0.3 is 17.9 Å². The molecule has 0 aliphatic carbocycles. The first-order valence-corrected chi connectivity index (χ1v) is 6.83. The van der Waals surface area contributed by atoms with Crippen LogP contribution in [-0.4, -0.2) is 58.9 Å². The van der Waals surface area contributed by atoms with E-state index in [0.29, 0.717) is 6.42 Å². The molecule has 2 N–H and O–H groups in total. The minimum absolute atomic E-state index is 0.00115.